The van der Waals surface area contributed by atoms with Crippen molar-refractivity contribution in [3.63, 3.8) is 0 Å². The number of nitrogens with one attached hydrogen (secondary N) is 2. The number of aliphatic carboxylic acids is 1. The van der Waals surface area contributed by atoms with Crippen LogP contribution in [0, 0.1) is 5.92 Å². The minimum Gasteiger partial charge on any atom is -0.480 e. The maximum Gasteiger partial charge on any atom is 0.408 e. The zero-order valence-electron chi connectivity index (χ0n) is 16.1. The molecule has 0 aromatic heterocycles. The fraction of sp³-hybridized carbons (Fsp3) is 0.474. The molecule has 1 rings (SSSR count). The smallest absolute Gasteiger partial charge is 0.408 e. The molecular formula is C19H26N2O7. The molecule has 1 aromatic rings. The summed E-state index contributed by atoms with van der Waals surface area (Å²) in [5.41, 5.74) is 0.789. The van der Waals surface area contributed by atoms with Crippen LogP contribution in [0.5, 0.6) is 0 Å². The number of alkyl carbamates (subject to hydrolysis) is 1. The summed E-state index contributed by atoms with van der Waals surface area (Å²) in [4.78, 5) is 47.0. The molecule has 0 saturated heterocycles. The fourth-order valence-electron chi connectivity index (χ4n) is 2.31. The van der Waals surface area contributed by atoms with E-state index in [1.54, 1.807) is 38.1 Å². The average Bonchev–Trinajstić information content (AvgIpc) is 2.67. The number of benzene rings is 1. The van der Waals surface area contributed by atoms with Crippen molar-refractivity contribution < 1.29 is 33.8 Å². The number of carboxylic acid groups (broad SMARTS) is 1. The van der Waals surface area contributed by atoms with Gasteiger partial charge in [0.1, 0.15) is 18.7 Å². The van der Waals surface area contributed by atoms with E-state index in [0.717, 1.165) is 5.56 Å². The van der Waals surface area contributed by atoms with Crippen LogP contribution in [-0.4, -0.2) is 48.2 Å². The molecule has 9 heteroatoms. The molecule has 154 valence electrons. The monoisotopic (exact) mass is 394 g/mol. The summed E-state index contributed by atoms with van der Waals surface area (Å²) in [6.45, 7) is 3.44. The van der Waals surface area contributed by atoms with Gasteiger partial charge in [0.25, 0.3) is 0 Å². The highest BCUT2D eigenvalue weighted by molar-refractivity contribution is 5.89. The van der Waals surface area contributed by atoms with Crippen molar-refractivity contribution in [1.29, 1.82) is 0 Å². The second kappa shape index (κ2) is 11.6. The summed E-state index contributed by atoms with van der Waals surface area (Å²) < 4.78 is 9.57. The quantitative estimate of drug-likeness (QED) is 0.512. The van der Waals surface area contributed by atoms with E-state index in [1.165, 1.54) is 7.11 Å². The minimum absolute atomic E-state index is 0.0377. The van der Waals surface area contributed by atoms with Crippen LogP contribution in [0.4, 0.5) is 4.79 Å². The number of hydrogen-bond acceptors (Lipinski definition) is 6. The largest absolute Gasteiger partial charge is 0.480 e. The van der Waals surface area contributed by atoms with Gasteiger partial charge in [0.05, 0.1) is 7.11 Å². The van der Waals surface area contributed by atoms with Crippen molar-refractivity contribution in [2.75, 3.05) is 7.11 Å². The number of carbonyl (C=O) groups is 4. The Bertz CT molecular complexity index is 676. The molecular weight excluding hydrogens is 368 g/mol. The Hall–Kier alpha value is -3.10. The van der Waals surface area contributed by atoms with Crippen LogP contribution in [0.25, 0.3) is 0 Å². The molecule has 1 aromatic carbocycles. The second-order valence-electron chi connectivity index (χ2n) is 6.44. The number of esters is 1. The van der Waals surface area contributed by atoms with E-state index in [0.29, 0.717) is 0 Å². The Morgan fingerprint density at radius 3 is 2.25 bits per heavy atom. The van der Waals surface area contributed by atoms with Crippen molar-refractivity contribution in [2.24, 2.45) is 5.92 Å². The predicted molar refractivity (Wildman–Crippen MR) is 99.2 cm³/mol. The van der Waals surface area contributed by atoms with Gasteiger partial charge in [0.2, 0.25) is 5.91 Å². The van der Waals surface area contributed by atoms with E-state index >= 15 is 0 Å². The number of amides is 2. The van der Waals surface area contributed by atoms with E-state index in [4.69, 9.17) is 4.74 Å². The highest BCUT2D eigenvalue weighted by Crippen LogP contribution is 2.07. The van der Waals surface area contributed by atoms with Gasteiger partial charge < -0.3 is 25.2 Å². The lowest BCUT2D eigenvalue weighted by molar-refractivity contribution is -0.144. The third-order valence-electron chi connectivity index (χ3n) is 3.91. The van der Waals surface area contributed by atoms with Gasteiger partial charge >= 0.3 is 18.0 Å². The number of ether oxygens (including phenoxy) is 2. The van der Waals surface area contributed by atoms with Crippen LogP contribution < -0.4 is 10.6 Å². The lowest BCUT2D eigenvalue weighted by Gasteiger charge is -2.23. The molecule has 0 heterocycles. The molecule has 3 N–H and O–H groups in total. The Labute approximate surface area is 163 Å². The van der Waals surface area contributed by atoms with Gasteiger partial charge in [-0.05, 0) is 17.9 Å². The first-order chi connectivity index (χ1) is 13.2. The Morgan fingerprint density at radius 2 is 1.71 bits per heavy atom. The first-order valence-electron chi connectivity index (χ1n) is 8.81. The first kappa shape index (κ1) is 22.9. The topological polar surface area (TPSA) is 131 Å². The Balaban J connectivity index is 2.64. The summed E-state index contributed by atoms with van der Waals surface area (Å²) in [5.74, 6) is -2.86. The summed E-state index contributed by atoms with van der Waals surface area (Å²) >= 11 is 0. The lowest BCUT2D eigenvalue weighted by Crippen LogP contribution is -2.53. The number of hydrogen-bond donors (Lipinski definition) is 3. The van der Waals surface area contributed by atoms with Gasteiger partial charge in [-0.1, -0.05) is 44.2 Å². The van der Waals surface area contributed by atoms with E-state index in [1.807, 2.05) is 6.07 Å². The van der Waals surface area contributed by atoms with E-state index < -0.39 is 36.0 Å². The number of methoxy groups -OCH3 is 1. The third kappa shape index (κ3) is 8.07. The van der Waals surface area contributed by atoms with Crippen LogP contribution in [0.15, 0.2) is 30.3 Å². The molecule has 0 spiro atoms. The average molecular weight is 394 g/mol. The number of carboxylic acids is 1. The molecule has 9 nitrogen and oxygen atoms in total. The normalized spacial score (nSPS) is 12.6. The lowest BCUT2D eigenvalue weighted by atomic mass is 10.0. The van der Waals surface area contributed by atoms with Crippen molar-refractivity contribution in [2.45, 2.75) is 45.4 Å². The number of carbonyl (C=O) groups excluding carboxylic acids is 3. The molecule has 0 saturated carbocycles. The zero-order chi connectivity index (χ0) is 21.1. The molecule has 0 bridgehead atoms. The molecule has 28 heavy (non-hydrogen) atoms. The van der Waals surface area contributed by atoms with E-state index in [2.05, 4.69) is 15.4 Å². The minimum atomic E-state index is -1.29. The highest BCUT2D eigenvalue weighted by Gasteiger charge is 2.29. The van der Waals surface area contributed by atoms with Crippen LogP contribution in [0.2, 0.25) is 0 Å². The van der Waals surface area contributed by atoms with E-state index in [-0.39, 0.29) is 25.4 Å². The van der Waals surface area contributed by atoms with Crippen molar-refractivity contribution >= 4 is 23.9 Å². The van der Waals surface area contributed by atoms with Crippen LogP contribution in [-0.2, 0) is 30.5 Å². The predicted octanol–water partition coefficient (Wildman–Crippen LogP) is 1.46. The van der Waals surface area contributed by atoms with Gasteiger partial charge in [-0.25, -0.2) is 9.59 Å². The first-order valence-corrected chi connectivity index (χ1v) is 8.81. The third-order valence-corrected chi connectivity index (χ3v) is 3.91. The van der Waals surface area contributed by atoms with Gasteiger partial charge in [0.15, 0.2) is 0 Å². The van der Waals surface area contributed by atoms with Crippen molar-refractivity contribution in [1.82, 2.24) is 10.6 Å². The molecule has 2 amide bonds. The van der Waals surface area contributed by atoms with Gasteiger partial charge in [-0.2, -0.15) is 0 Å². The van der Waals surface area contributed by atoms with Crippen LogP contribution in [0.1, 0.15) is 32.3 Å². The maximum absolute atomic E-state index is 12.5. The Morgan fingerprint density at radius 1 is 1.07 bits per heavy atom. The highest BCUT2D eigenvalue weighted by atomic mass is 16.5. The van der Waals surface area contributed by atoms with Crippen molar-refractivity contribution in [3.05, 3.63) is 35.9 Å². The summed E-state index contributed by atoms with van der Waals surface area (Å²) in [6, 6.07) is 6.75. The maximum atomic E-state index is 12.5. The molecule has 0 aliphatic heterocycles. The fourth-order valence-corrected chi connectivity index (χ4v) is 2.31. The summed E-state index contributed by atoms with van der Waals surface area (Å²) in [6.07, 6.45) is -1.08. The summed E-state index contributed by atoms with van der Waals surface area (Å²) in [7, 11) is 1.19. The molecule has 2 atom stereocenters. The van der Waals surface area contributed by atoms with Crippen molar-refractivity contribution in [3.8, 4) is 0 Å². The van der Waals surface area contributed by atoms with Crippen LogP contribution >= 0.6 is 0 Å². The Kier molecular flexibility index (Phi) is 9.49. The van der Waals surface area contributed by atoms with Gasteiger partial charge in [-0.3, -0.25) is 9.59 Å². The van der Waals surface area contributed by atoms with Gasteiger partial charge in [0, 0.05) is 6.42 Å². The second-order valence-corrected chi connectivity index (χ2v) is 6.44. The standard InChI is InChI=1S/C19H26N2O7/c1-12(2)16(21-19(26)28-11-13-7-5-4-6-8-13)17(23)20-14(18(24)25)9-10-15(22)27-3/h4-8,12,14,16H,9-11H2,1-3H3,(H,20,23)(H,21,26)(H,24,25)/t14-,16+/m1/s1. The molecule has 0 aliphatic carbocycles. The molecule has 0 radical (unpaired) electrons. The summed E-state index contributed by atoms with van der Waals surface area (Å²) in [5, 5.41) is 14.0. The number of rotatable bonds is 10. The SMILES string of the molecule is COC(=O)CC[C@@H](NC(=O)[C@@H](NC(=O)OCc1ccccc1)C(C)C)C(=O)O. The molecule has 0 unspecified atom stereocenters. The molecule has 0 aliphatic rings. The van der Waals surface area contributed by atoms with E-state index in [9.17, 15) is 24.3 Å². The van der Waals surface area contributed by atoms with Crippen LogP contribution in [0.3, 0.4) is 0 Å². The van der Waals surface area contributed by atoms with Gasteiger partial charge in [-0.15, -0.1) is 0 Å². The molecule has 0 fully saturated rings. The zero-order valence-corrected chi connectivity index (χ0v) is 16.1.